The van der Waals surface area contributed by atoms with Crippen LogP contribution >= 0.6 is 0 Å². The average molecular weight is 279 g/mol. The molecule has 1 N–H and O–H groups in total. The first kappa shape index (κ1) is 15.5. The van der Waals surface area contributed by atoms with Crippen LogP contribution in [0.5, 0.6) is 0 Å². The fourth-order valence-electron chi connectivity index (χ4n) is 2.71. The molecule has 2 rings (SSSR count). The smallest absolute Gasteiger partial charge is 0.122 e. The number of likely N-dealkylation sites (N-methyl/N-ethyl adjacent to an activating group) is 1. The number of rotatable bonds is 9. The van der Waals surface area contributed by atoms with Gasteiger partial charge in [0.1, 0.15) is 5.76 Å². The van der Waals surface area contributed by atoms with Crippen molar-refractivity contribution in [3.8, 4) is 0 Å². The number of hydrogen-bond donors (Lipinski definition) is 1. The first-order valence-corrected chi connectivity index (χ1v) is 7.96. The Morgan fingerprint density at radius 2 is 2.15 bits per heavy atom. The van der Waals surface area contributed by atoms with E-state index in [1.165, 1.54) is 44.5 Å². The van der Waals surface area contributed by atoms with Gasteiger partial charge in [-0.1, -0.05) is 6.92 Å². The van der Waals surface area contributed by atoms with Crippen molar-refractivity contribution in [3.05, 3.63) is 23.7 Å². The molecule has 1 fully saturated rings. The van der Waals surface area contributed by atoms with Crippen LogP contribution in [0.2, 0.25) is 0 Å². The van der Waals surface area contributed by atoms with E-state index in [2.05, 4.69) is 35.2 Å². The molecule has 0 spiro atoms. The Hall–Kier alpha value is -0.840. The van der Waals surface area contributed by atoms with Crippen LogP contribution in [0, 0.1) is 0 Å². The lowest BCUT2D eigenvalue weighted by Crippen LogP contribution is -2.31. The fourth-order valence-corrected chi connectivity index (χ4v) is 2.71. The molecule has 1 aromatic heterocycles. The summed E-state index contributed by atoms with van der Waals surface area (Å²) in [5, 5.41) is 3.44. The second-order valence-corrected chi connectivity index (χ2v) is 5.83. The number of nitrogens with zero attached hydrogens (tertiary/aromatic N) is 2. The summed E-state index contributed by atoms with van der Waals surface area (Å²) in [6.45, 7) is 9.93. The average Bonchev–Trinajstić information content (AvgIpc) is 3.09. The van der Waals surface area contributed by atoms with E-state index >= 15 is 0 Å². The van der Waals surface area contributed by atoms with Gasteiger partial charge in [0, 0.05) is 25.2 Å². The molecule has 1 aliphatic heterocycles. The van der Waals surface area contributed by atoms with Gasteiger partial charge in [-0.3, -0.25) is 4.90 Å². The molecule has 1 saturated heterocycles. The Morgan fingerprint density at radius 1 is 1.35 bits per heavy atom. The molecule has 0 bridgehead atoms. The Labute approximate surface area is 123 Å². The molecule has 4 heteroatoms. The molecule has 0 radical (unpaired) electrons. The van der Waals surface area contributed by atoms with Gasteiger partial charge in [-0.05, 0) is 52.0 Å². The highest BCUT2D eigenvalue weighted by atomic mass is 16.3. The van der Waals surface area contributed by atoms with E-state index < -0.39 is 0 Å². The van der Waals surface area contributed by atoms with Crippen molar-refractivity contribution in [2.24, 2.45) is 0 Å². The predicted octanol–water partition coefficient (Wildman–Crippen LogP) is 2.31. The quantitative estimate of drug-likeness (QED) is 0.703. The van der Waals surface area contributed by atoms with E-state index in [9.17, 15) is 0 Å². The molecule has 0 unspecified atom stereocenters. The van der Waals surface area contributed by atoms with Crippen molar-refractivity contribution >= 4 is 0 Å². The highest BCUT2D eigenvalue weighted by Crippen LogP contribution is 2.13. The molecule has 0 amide bonds. The van der Waals surface area contributed by atoms with Crippen molar-refractivity contribution in [1.29, 1.82) is 0 Å². The molecular weight excluding hydrogens is 250 g/mol. The van der Waals surface area contributed by atoms with Crippen LogP contribution in [0.25, 0.3) is 0 Å². The van der Waals surface area contributed by atoms with Gasteiger partial charge < -0.3 is 14.6 Å². The number of likely N-dealkylation sites (tertiary alicyclic amines) is 1. The monoisotopic (exact) mass is 279 g/mol. The van der Waals surface area contributed by atoms with Crippen LogP contribution in [0.3, 0.4) is 0 Å². The minimum Gasteiger partial charge on any atom is -0.468 e. The summed E-state index contributed by atoms with van der Waals surface area (Å²) in [7, 11) is 2.18. The molecule has 0 aromatic carbocycles. The molecular formula is C16H29N3O. The maximum atomic E-state index is 5.64. The Bertz CT molecular complexity index is 372. The Balaban J connectivity index is 1.72. The molecule has 0 atom stereocenters. The Kier molecular flexibility index (Phi) is 6.57. The molecule has 0 saturated carbocycles. The Morgan fingerprint density at radius 3 is 2.90 bits per heavy atom. The summed E-state index contributed by atoms with van der Waals surface area (Å²) >= 11 is 0. The van der Waals surface area contributed by atoms with Gasteiger partial charge in [0.2, 0.25) is 0 Å². The zero-order chi connectivity index (χ0) is 14.2. The van der Waals surface area contributed by atoms with E-state index in [4.69, 9.17) is 4.42 Å². The molecule has 20 heavy (non-hydrogen) atoms. The molecule has 4 nitrogen and oxygen atoms in total. The molecule has 114 valence electrons. The first-order chi connectivity index (χ1) is 9.79. The lowest BCUT2D eigenvalue weighted by Gasteiger charge is -2.20. The maximum Gasteiger partial charge on any atom is 0.122 e. The molecule has 1 aromatic rings. The van der Waals surface area contributed by atoms with E-state index in [-0.39, 0.29) is 0 Å². The molecule has 2 heterocycles. The highest BCUT2D eigenvalue weighted by molar-refractivity contribution is 5.16. The number of nitrogens with one attached hydrogen (secondary N) is 1. The largest absolute Gasteiger partial charge is 0.468 e. The third-order valence-corrected chi connectivity index (χ3v) is 3.99. The van der Waals surface area contributed by atoms with Crippen LogP contribution < -0.4 is 5.32 Å². The van der Waals surface area contributed by atoms with Gasteiger partial charge in [0.15, 0.2) is 0 Å². The van der Waals surface area contributed by atoms with E-state index in [1.807, 2.05) is 6.26 Å². The van der Waals surface area contributed by atoms with Gasteiger partial charge in [0.05, 0.1) is 12.8 Å². The van der Waals surface area contributed by atoms with Gasteiger partial charge >= 0.3 is 0 Å². The van der Waals surface area contributed by atoms with E-state index in [0.717, 1.165) is 31.9 Å². The van der Waals surface area contributed by atoms with Crippen LogP contribution in [0.1, 0.15) is 37.5 Å². The van der Waals surface area contributed by atoms with Crippen LogP contribution in [-0.4, -0.2) is 49.6 Å². The van der Waals surface area contributed by atoms with Crippen molar-refractivity contribution in [2.75, 3.05) is 39.8 Å². The predicted molar refractivity (Wildman–Crippen MR) is 82.7 cm³/mol. The standard InChI is InChI=1S/C16H29N3O/c1-3-7-17-13-15-6-12-20-16(15)14-18(2)10-11-19-8-4-5-9-19/h6,12,17H,3-5,7-11,13-14H2,1-2H3. The van der Waals surface area contributed by atoms with Crippen molar-refractivity contribution in [3.63, 3.8) is 0 Å². The molecule has 0 aliphatic carbocycles. The topological polar surface area (TPSA) is 31.7 Å². The molecule has 1 aliphatic rings. The number of furan rings is 1. The van der Waals surface area contributed by atoms with E-state index in [0.29, 0.717) is 0 Å². The summed E-state index contributed by atoms with van der Waals surface area (Å²) in [6, 6.07) is 2.09. The van der Waals surface area contributed by atoms with Crippen LogP contribution in [0.4, 0.5) is 0 Å². The maximum absolute atomic E-state index is 5.64. The minimum atomic E-state index is 0.907. The van der Waals surface area contributed by atoms with Crippen LogP contribution in [0.15, 0.2) is 16.7 Å². The zero-order valence-corrected chi connectivity index (χ0v) is 13.0. The number of hydrogen-bond acceptors (Lipinski definition) is 4. The van der Waals surface area contributed by atoms with Gasteiger partial charge in [-0.25, -0.2) is 0 Å². The zero-order valence-electron chi connectivity index (χ0n) is 13.0. The SMILES string of the molecule is CCCNCc1ccoc1CN(C)CCN1CCCC1. The normalized spacial score (nSPS) is 16.4. The summed E-state index contributed by atoms with van der Waals surface area (Å²) in [5.74, 6) is 1.11. The lowest BCUT2D eigenvalue weighted by atomic mass is 10.2. The van der Waals surface area contributed by atoms with Crippen molar-refractivity contribution < 1.29 is 4.42 Å². The third kappa shape index (κ3) is 4.93. The summed E-state index contributed by atoms with van der Waals surface area (Å²) in [6.07, 6.45) is 5.72. The van der Waals surface area contributed by atoms with Gasteiger partial charge in [-0.15, -0.1) is 0 Å². The van der Waals surface area contributed by atoms with Gasteiger partial charge in [-0.2, -0.15) is 0 Å². The summed E-state index contributed by atoms with van der Waals surface area (Å²) < 4.78 is 5.64. The summed E-state index contributed by atoms with van der Waals surface area (Å²) in [4.78, 5) is 4.92. The third-order valence-electron chi connectivity index (χ3n) is 3.99. The second-order valence-electron chi connectivity index (χ2n) is 5.83. The second kappa shape index (κ2) is 8.45. The highest BCUT2D eigenvalue weighted by Gasteiger charge is 2.13. The van der Waals surface area contributed by atoms with E-state index in [1.54, 1.807) is 0 Å². The first-order valence-electron chi connectivity index (χ1n) is 7.96. The van der Waals surface area contributed by atoms with Crippen molar-refractivity contribution in [2.45, 2.75) is 39.3 Å². The van der Waals surface area contributed by atoms with Gasteiger partial charge in [0.25, 0.3) is 0 Å². The summed E-state index contributed by atoms with van der Waals surface area (Å²) in [5.41, 5.74) is 1.30. The minimum absolute atomic E-state index is 0.907. The van der Waals surface area contributed by atoms with Crippen molar-refractivity contribution in [1.82, 2.24) is 15.1 Å². The fraction of sp³-hybridized carbons (Fsp3) is 0.750. The lowest BCUT2D eigenvalue weighted by molar-refractivity contribution is 0.238. The van der Waals surface area contributed by atoms with Crippen LogP contribution in [-0.2, 0) is 13.1 Å².